The van der Waals surface area contributed by atoms with Gasteiger partial charge in [-0.2, -0.15) is 0 Å². The van der Waals surface area contributed by atoms with Crippen molar-refractivity contribution in [3.05, 3.63) is 71.8 Å². The zero-order valence-corrected chi connectivity index (χ0v) is 19.2. The number of hydrogen-bond donors (Lipinski definition) is 1. The van der Waals surface area contributed by atoms with Gasteiger partial charge in [0, 0.05) is 13.1 Å². The number of esters is 1. The Morgan fingerprint density at radius 2 is 1.52 bits per heavy atom. The molecule has 1 amide bonds. The van der Waals surface area contributed by atoms with Gasteiger partial charge in [0.1, 0.15) is 12.4 Å². The summed E-state index contributed by atoms with van der Waals surface area (Å²) in [6.45, 7) is 5.12. The first-order valence-electron chi connectivity index (χ1n) is 10.1. The van der Waals surface area contributed by atoms with Crippen molar-refractivity contribution in [2.75, 3.05) is 13.8 Å². The minimum Gasteiger partial charge on any atom is -0.467 e. The Balaban J connectivity index is 2.08. The lowest BCUT2D eigenvalue weighted by atomic mass is 10.1. The molecule has 7 nitrogen and oxygen atoms in total. The molecule has 0 bridgehead atoms. The number of ether oxygens (including phenoxy) is 2. The maximum absolute atomic E-state index is 13.5. The SMILES string of the molecule is COC(=O)C(Cc1ccccc1)OP(C)(=O)C(NC(=O)OCc1ccccc1)C(C)C. The number of alkyl carbamates (subject to hydrolysis) is 1. The van der Waals surface area contributed by atoms with E-state index in [1.54, 1.807) is 0 Å². The minimum absolute atomic E-state index is 0.0884. The first-order valence-corrected chi connectivity index (χ1v) is 12.2. The predicted molar refractivity (Wildman–Crippen MR) is 119 cm³/mol. The van der Waals surface area contributed by atoms with Crippen molar-refractivity contribution in [2.45, 2.75) is 38.8 Å². The molecule has 1 N–H and O–H groups in total. The third-order valence-electron chi connectivity index (χ3n) is 4.68. The van der Waals surface area contributed by atoms with Gasteiger partial charge >= 0.3 is 12.1 Å². The Morgan fingerprint density at radius 3 is 2.03 bits per heavy atom. The summed E-state index contributed by atoms with van der Waals surface area (Å²) in [5.74, 6) is -1.69. The minimum atomic E-state index is -3.48. The summed E-state index contributed by atoms with van der Waals surface area (Å²) >= 11 is 0. The number of benzene rings is 2. The fourth-order valence-electron chi connectivity index (χ4n) is 3.15. The van der Waals surface area contributed by atoms with Crippen LogP contribution in [0.5, 0.6) is 0 Å². The van der Waals surface area contributed by atoms with Gasteiger partial charge in [-0.1, -0.05) is 74.5 Å². The molecule has 0 aliphatic rings. The van der Waals surface area contributed by atoms with E-state index in [0.717, 1.165) is 11.1 Å². The Bertz CT molecular complexity index is 887. The molecule has 0 saturated carbocycles. The Hall–Kier alpha value is -2.63. The Kier molecular flexibility index (Phi) is 9.28. The van der Waals surface area contributed by atoms with Gasteiger partial charge in [0.25, 0.3) is 0 Å². The van der Waals surface area contributed by atoms with Gasteiger partial charge in [-0.05, 0) is 17.0 Å². The van der Waals surface area contributed by atoms with Crippen LogP contribution >= 0.6 is 7.37 Å². The number of methoxy groups -OCH3 is 1. The van der Waals surface area contributed by atoms with Gasteiger partial charge in [0.15, 0.2) is 6.10 Å². The maximum Gasteiger partial charge on any atom is 0.408 e. The van der Waals surface area contributed by atoms with Crippen LogP contribution in [0.2, 0.25) is 0 Å². The molecule has 168 valence electrons. The molecule has 3 atom stereocenters. The molecule has 2 rings (SSSR count). The highest BCUT2D eigenvalue weighted by Crippen LogP contribution is 2.51. The van der Waals surface area contributed by atoms with Crippen LogP contribution in [0.1, 0.15) is 25.0 Å². The summed E-state index contributed by atoms with van der Waals surface area (Å²) < 4.78 is 29.4. The highest BCUT2D eigenvalue weighted by Gasteiger charge is 2.38. The van der Waals surface area contributed by atoms with Gasteiger partial charge in [-0.25, -0.2) is 9.59 Å². The average Bonchev–Trinajstić information content (AvgIpc) is 2.76. The van der Waals surface area contributed by atoms with E-state index in [1.165, 1.54) is 13.8 Å². The lowest BCUT2D eigenvalue weighted by Gasteiger charge is -2.30. The van der Waals surface area contributed by atoms with Crippen LogP contribution in [0.3, 0.4) is 0 Å². The second kappa shape index (κ2) is 11.7. The molecule has 0 radical (unpaired) electrons. The van der Waals surface area contributed by atoms with Gasteiger partial charge < -0.3 is 19.3 Å². The van der Waals surface area contributed by atoms with Crippen molar-refractivity contribution < 1.29 is 28.2 Å². The zero-order chi connectivity index (χ0) is 22.9. The molecule has 0 heterocycles. The molecular formula is C23H30NO6P. The quantitative estimate of drug-likeness (QED) is 0.423. The van der Waals surface area contributed by atoms with E-state index in [2.05, 4.69) is 5.32 Å². The number of nitrogens with one attached hydrogen (secondary N) is 1. The van der Waals surface area contributed by atoms with E-state index in [0.29, 0.717) is 0 Å². The highest BCUT2D eigenvalue weighted by molar-refractivity contribution is 7.59. The fourth-order valence-corrected chi connectivity index (χ4v) is 5.37. The topological polar surface area (TPSA) is 90.9 Å². The molecule has 2 aromatic rings. The van der Waals surface area contributed by atoms with Crippen molar-refractivity contribution in [3.8, 4) is 0 Å². The van der Waals surface area contributed by atoms with Crippen LogP contribution < -0.4 is 5.32 Å². The largest absolute Gasteiger partial charge is 0.467 e. The zero-order valence-electron chi connectivity index (χ0n) is 18.3. The van der Waals surface area contributed by atoms with Crippen molar-refractivity contribution in [2.24, 2.45) is 5.92 Å². The van der Waals surface area contributed by atoms with Crippen LogP contribution in [-0.2, 0) is 36.4 Å². The lowest BCUT2D eigenvalue weighted by Crippen LogP contribution is -2.40. The molecule has 3 unspecified atom stereocenters. The average molecular weight is 447 g/mol. The molecule has 0 aliphatic carbocycles. The first-order chi connectivity index (χ1) is 14.7. The Labute approximate surface area is 183 Å². The van der Waals surface area contributed by atoms with Crippen LogP contribution in [0.25, 0.3) is 0 Å². The summed E-state index contributed by atoms with van der Waals surface area (Å²) in [5, 5.41) is 2.65. The van der Waals surface area contributed by atoms with E-state index in [9.17, 15) is 14.2 Å². The van der Waals surface area contributed by atoms with E-state index >= 15 is 0 Å². The molecule has 2 aromatic carbocycles. The fraction of sp³-hybridized carbons (Fsp3) is 0.391. The van der Waals surface area contributed by atoms with Crippen LogP contribution in [0.15, 0.2) is 60.7 Å². The molecule has 8 heteroatoms. The molecule has 0 aliphatic heterocycles. The summed E-state index contributed by atoms with van der Waals surface area (Å²) in [4.78, 5) is 24.6. The number of amides is 1. The lowest BCUT2D eigenvalue weighted by molar-refractivity contribution is -0.148. The highest BCUT2D eigenvalue weighted by atomic mass is 31.2. The first kappa shape index (κ1) is 24.6. The number of hydrogen-bond acceptors (Lipinski definition) is 6. The van der Waals surface area contributed by atoms with Gasteiger partial charge in [-0.15, -0.1) is 0 Å². The summed E-state index contributed by atoms with van der Waals surface area (Å²) in [6, 6.07) is 18.5. The number of carbonyl (C=O) groups is 2. The van der Waals surface area contributed by atoms with Crippen LogP contribution in [0.4, 0.5) is 4.79 Å². The van der Waals surface area contributed by atoms with E-state index in [-0.39, 0.29) is 18.9 Å². The second-order valence-corrected chi connectivity index (χ2v) is 10.2. The van der Waals surface area contributed by atoms with E-state index in [4.69, 9.17) is 14.0 Å². The number of rotatable bonds is 10. The smallest absolute Gasteiger partial charge is 0.408 e. The third-order valence-corrected chi connectivity index (χ3v) is 7.09. The van der Waals surface area contributed by atoms with Crippen molar-refractivity contribution in [1.29, 1.82) is 0 Å². The second-order valence-electron chi connectivity index (χ2n) is 7.61. The van der Waals surface area contributed by atoms with Crippen LogP contribution in [-0.4, -0.2) is 37.7 Å². The third kappa shape index (κ3) is 7.85. The molecule has 31 heavy (non-hydrogen) atoms. The molecular weight excluding hydrogens is 417 g/mol. The number of carbonyl (C=O) groups excluding carboxylic acids is 2. The summed E-state index contributed by atoms with van der Waals surface area (Å²) in [7, 11) is -2.23. The molecule has 0 fully saturated rings. The van der Waals surface area contributed by atoms with Crippen molar-refractivity contribution in [1.82, 2.24) is 5.32 Å². The maximum atomic E-state index is 13.5. The molecule has 0 spiro atoms. The summed E-state index contributed by atoms with van der Waals surface area (Å²) in [6.07, 6.45) is -1.56. The normalized spacial score (nSPS) is 14.9. The summed E-state index contributed by atoms with van der Waals surface area (Å²) in [5.41, 5.74) is 1.68. The van der Waals surface area contributed by atoms with Crippen molar-refractivity contribution >= 4 is 19.4 Å². The van der Waals surface area contributed by atoms with E-state index < -0.39 is 31.3 Å². The monoisotopic (exact) mass is 447 g/mol. The van der Waals surface area contributed by atoms with E-state index in [1.807, 2.05) is 74.5 Å². The van der Waals surface area contributed by atoms with Gasteiger partial charge in [0.05, 0.1) is 7.11 Å². The molecule has 0 saturated heterocycles. The Morgan fingerprint density at radius 1 is 0.968 bits per heavy atom. The van der Waals surface area contributed by atoms with Crippen molar-refractivity contribution in [3.63, 3.8) is 0 Å². The van der Waals surface area contributed by atoms with Crippen LogP contribution in [0, 0.1) is 5.92 Å². The standard InChI is InChI=1S/C23H30NO6P/c1-17(2)21(24-23(26)29-16-19-13-9-6-10-14-19)31(4,27)30-20(22(25)28-3)15-18-11-7-5-8-12-18/h5-14,17,20-21H,15-16H2,1-4H3,(H,24,26). The van der Waals surface area contributed by atoms with Gasteiger partial charge in [0.2, 0.25) is 7.37 Å². The predicted octanol–water partition coefficient (Wildman–Crippen LogP) is 4.60. The molecule has 0 aromatic heterocycles. The van der Waals surface area contributed by atoms with Gasteiger partial charge in [-0.3, -0.25) is 4.57 Å².